The van der Waals surface area contributed by atoms with Crippen molar-refractivity contribution in [2.75, 3.05) is 46.4 Å². The zero-order valence-electron chi connectivity index (χ0n) is 13.6. The van der Waals surface area contributed by atoms with E-state index in [2.05, 4.69) is 27.0 Å². The van der Waals surface area contributed by atoms with Crippen molar-refractivity contribution in [3.63, 3.8) is 0 Å². The van der Waals surface area contributed by atoms with Crippen molar-refractivity contribution in [2.24, 2.45) is 0 Å². The van der Waals surface area contributed by atoms with Crippen LogP contribution in [-0.4, -0.2) is 66.4 Å². The minimum atomic E-state index is 0.684. The van der Waals surface area contributed by atoms with Crippen LogP contribution in [0.3, 0.4) is 0 Å². The first-order chi connectivity index (χ1) is 11.3. The number of morpholine rings is 1. The summed E-state index contributed by atoms with van der Waals surface area (Å²) in [6.45, 7) is 6.82. The van der Waals surface area contributed by atoms with Gasteiger partial charge >= 0.3 is 0 Å². The van der Waals surface area contributed by atoms with Gasteiger partial charge in [-0.05, 0) is 44.4 Å². The van der Waals surface area contributed by atoms with Crippen LogP contribution in [0.5, 0.6) is 0 Å². The Hall–Kier alpha value is -1.28. The summed E-state index contributed by atoms with van der Waals surface area (Å²) in [6.07, 6.45) is 2.40. The molecule has 23 heavy (non-hydrogen) atoms. The van der Waals surface area contributed by atoms with Gasteiger partial charge in [0.25, 0.3) is 0 Å². The maximum absolute atomic E-state index is 5.37. The molecule has 0 amide bonds. The predicted octanol–water partition coefficient (Wildman–Crippen LogP) is 2.34. The molecule has 0 spiro atoms. The third kappa shape index (κ3) is 5.10. The minimum absolute atomic E-state index is 0.684. The van der Waals surface area contributed by atoms with Crippen molar-refractivity contribution in [3.05, 3.63) is 23.4 Å². The van der Waals surface area contributed by atoms with Gasteiger partial charge in [-0.1, -0.05) is 11.2 Å². The molecule has 0 aromatic carbocycles. The van der Waals surface area contributed by atoms with Gasteiger partial charge in [-0.3, -0.25) is 9.80 Å². The maximum atomic E-state index is 5.37. The van der Waals surface area contributed by atoms with Crippen LogP contribution >= 0.6 is 11.3 Å². The molecule has 0 saturated carbocycles. The Kier molecular flexibility index (Phi) is 6.15. The molecule has 2 aromatic heterocycles. The van der Waals surface area contributed by atoms with Gasteiger partial charge in [0.15, 0.2) is 0 Å². The molecule has 7 heteroatoms. The number of rotatable bonds is 8. The van der Waals surface area contributed by atoms with Gasteiger partial charge in [-0.15, -0.1) is 11.3 Å². The number of hydrogen-bond acceptors (Lipinski definition) is 7. The molecule has 1 aliphatic heterocycles. The summed E-state index contributed by atoms with van der Waals surface area (Å²) in [5.74, 6) is 1.37. The average Bonchev–Trinajstić information content (AvgIpc) is 3.24. The number of unbranched alkanes of at least 4 members (excludes halogenated alkanes) is 1. The summed E-state index contributed by atoms with van der Waals surface area (Å²) in [5.41, 5.74) is 0. The van der Waals surface area contributed by atoms with E-state index in [1.54, 1.807) is 11.3 Å². The highest BCUT2D eigenvalue weighted by atomic mass is 32.1. The van der Waals surface area contributed by atoms with E-state index in [0.29, 0.717) is 18.3 Å². The van der Waals surface area contributed by atoms with Gasteiger partial charge in [0.05, 0.1) is 24.6 Å². The van der Waals surface area contributed by atoms with E-state index in [1.165, 1.54) is 19.4 Å². The summed E-state index contributed by atoms with van der Waals surface area (Å²) in [6, 6.07) is 4.01. The lowest BCUT2D eigenvalue weighted by Gasteiger charge is -2.26. The molecule has 0 unspecified atom stereocenters. The molecular formula is C16H24N4O2S. The first-order valence-corrected chi connectivity index (χ1v) is 9.04. The molecule has 3 heterocycles. The molecule has 126 valence electrons. The lowest BCUT2D eigenvalue weighted by atomic mass is 10.2. The fourth-order valence-electron chi connectivity index (χ4n) is 2.68. The number of aromatic nitrogens is 2. The van der Waals surface area contributed by atoms with Crippen molar-refractivity contribution in [1.29, 1.82) is 0 Å². The van der Waals surface area contributed by atoms with E-state index >= 15 is 0 Å². The third-order valence-corrected chi connectivity index (χ3v) is 4.85. The van der Waals surface area contributed by atoms with E-state index in [1.807, 2.05) is 17.5 Å². The average molecular weight is 336 g/mol. The van der Waals surface area contributed by atoms with Gasteiger partial charge in [-0.25, -0.2) is 0 Å². The molecule has 0 aliphatic carbocycles. The molecule has 0 radical (unpaired) electrons. The van der Waals surface area contributed by atoms with Crippen LogP contribution in [0.4, 0.5) is 0 Å². The van der Waals surface area contributed by atoms with Gasteiger partial charge in [-0.2, -0.15) is 4.98 Å². The van der Waals surface area contributed by atoms with Crippen LogP contribution < -0.4 is 0 Å². The van der Waals surface area contributed by atoms with Crippen molar-refractivity contribution >= 4 is 11.3 Å². The van der Waals surface area contributed by atoms with E-state index in [-0.39, 0.29) is 0 Å². The van der Waals surface area contributed by atoms with Crippen molar-refractivity contribution in [1.82, 2.24) is 19.9 Å². The summed E-state index contributed by atoms with van der Waals surface area (Å²) >= 11 is 1.63. The molecule has 1 fully saturated rings. The monoisotopic (exact) mass is 336 g/mol. The Balaban J connectivity index is 1.35. The Morgan fingerprint density at radius 2 is 2.17 bits per heavy atom. The second kappa shape index (κ2) is 8.54. The second-order valence-electron chi connectivity index (χ2n) is 5.89. The first-order valence-electron chi connectivity index (χ1n) is 8.16. The quantitative estimate of drug-likeness (QED) is 0.690. The van der Waals surface area contributed by atoms with E-state index in [9.17, 15) is 0 Å². The Morgan fingerprint density at radius 1 is 1.30 bits per heavy atom. The molecule has 3 rings (SSSR count). The standard InChI is InChI=1S/C16H24N4O2S/c1-19(6-2-3-7-20-8-10-21-11-9-20)13-15-17-16(18-22-15)14-5-4-12-23-14/h4-5,12H,2-3,6-11,13H2,1H3. The van der Waals surface area contributed by atoms with Crippen LogP contribution in [0.1, 0.15) is 18.7 Å². The van der Waals surface area contributed by atoms with Crippen LogP contribution in [0, 0.1) is 0 Å². The SMILES string of the molecule is CN(CCCCN1CCOCC1)Cc1nc(-c2cccs2)no1. The lowest BCUT2D eigenvalue weighted by Crippen LogP contribution is -2.37. The number of hydrogen-bond donors (Lipinski definition) is 0. The van der Waals surface area contributed by atoms with Crippen molar-refractivity contribution < 1.29 is 9.26 Å². The second-order valence-corrected chi connectivity index (χ2v) is 6.84. The van der Waals surface area contributed by atoms with Crippen LogP contribution in [0.15, 0.2) is 22.0 Å². The lowest BCUT2D eigenvalue weighted by molar-refractivity contribution is 0.0369. The molecule has 1 saturated heterocycles. The molecule has 1 aliphatic rings. The molecule has 6 nitrogen and oxygen atoms in total. The maximum Gasteiger partial charge on any atom is 0.241 e. The Labute approximate surface area is 141 Å². The zero-order valence-corrected chi connectivity index (χ0v) is 14.4. The highest BCUT2D eigenvalue weighted by Crippen LogP contribution is 2.21. The fraction of sp³-hybridized carbons (Fsp3) is 0.625. The highest BCUT2D eigenvalue weighted by molar-refractivity contribution is 7.13. The molecular weight excluding hydrogens is 312 g/mol. The minimum Gasteiger partial charge on any atom is -0.379 e. The van der Waals surface area contributed by atoms with Gasteiger partial charge in [0.1, 0.15) is 0 Å². The number of thiophene rings is 1. The highest BCUT2D eigenvalue weighted by Gasteiger charge is 2.12. The summed E-state index contributed by atoms with van der Waals surface area (Å²) in [5, 5.41) is 6.07. The number of ether oxygens (including phenoxy) is 1. The smallest absolute Gasteiger partial charge is 0.241 e. The van der Waals surface area contributed by atoms with Gasteiger partial charge < -0.3 is 9.26 Å². The van der Waals surface area contributed by atoms with Crippen molar-refractivity contribution in [3.8, 4) is 10.7 Å². The fourth-order valence-corrected chi connectivity index (χ4v) is 3.33. The van der Waals surface area contributed by atoms with Crippen molar-refractivity contribution in [2.45, 2.75) is 19.4 Å². The van der Waals surface area contributed by atoms with E-state index in [4.69, 9.17) is 9.26 Å². The van der Waals surface area contributed by atoms with Gasteiger partial charge in [0.2, 0.25) is 11.7 Å². The Morgan fingerprint density at radius 3 is 2.96 bits per heavy atom. The first kappa shape index (κ1) is 16.6. The topological polar surface area (TPSA) is 54.6 Å². The predicted molar refractivity (Wildman–Crippen MR) is 90.4 cm³/mol. The van der Waals surface area contributed by atoms with Gasteiger partial charge in [0, 0.05) is 13.1 Å². The van der Waals surface area contributed by atoms with Crippen LogP contribution in [-0.2, 0) is 11.3 Å². The summed E-state index contributed by atoms with van der Waals surface area (Å²) in [4.78, 5) is 10.2. The molecule has 0 N–H and O–H groups in total. The zero-order chi connectivity index (χ0) is 15.9. The van der Waals surface area contributed by atoms with E-state index in [0.717, 1.165) is 37.7 Å². The molecule has 0 bridgehead atoms. The molecule has 0 atom stereocenters. The van der Waals surface area contributed by atoms with Crippen LogP contribution in [0.2, 0.25) is 0 Å². The normalized spacial score (nSPS) is 16.3. The Bertz CT molecular complexity index is 566. The summed E-state index contributed by atoms with van der Waals surface area (Å²) < 4.78 is 10.7. The summed E-state index contributed by atoms with van der Waals surface area (Å²) in [7, 11) is 2.10. The van der Waals surface area contributed by atoms with E-state index < -0.39 is 0 Å². The number of nitrogens with zero attached hydrogens (tertiary/aromatic N) is 4. The largest absolute Gasteiger partial charge is 0.379 e. The third-order valence-electron chi connectivity index (χ3n) is 3.98. The molecule has 2 aromatic rings. The van der Waals surface area contributed by atoms with Crippen LogP contribution in [0.25, 0.3) is 10.7 Å².